The van der Waals surface area contributed by atoms with Crippen LogP contribution in [-0.2, 0) is 6.54 Å². The third-order valence-electron chi connectivity index (χ3n) is 3.43. The zero-order chi connectivity index (χ0) is 11.5. The van der Waals surface area contributed by atoms with Crippen LogP contribution >= 0.6 is 11.6 Å². The Hall–Kier alpha value is -0.600. The molecule has 0 atom stereocenters. The summed E-state index contributed by atoms with van der Waals surface area (Å²) >= 11 is 5.85. The minimum atomic E-state index is 0.591. The van der Waals surface area contributed by atoms with Crippen molar-refractivity contribution >= 4 is 11.6 Å². The van der Waals surface area contributed by atoms with Gasteiger partial charge >= 0.3 is 0 Å². The maximum atomic E-state index is 5.85. The van der Waals surface area contributed by atoms with Crippen molar-refractivity contribution in [3.05, 3.63) is 28.5 Å². The van der Waals surface area contributed by atoms with Crippen LogP contribution < -0.4 is 0 Å². The number of nitrogens with zero attached hydrogens (tertiary/aromatic N) is 2. The summed E-state index contributed by atoms with van der Waals surface area (Å²) in [6.45, 7) is 7.81. The van der Waals surface area contributed by atoms with Gasteiger partial charge in [0.05, 0.1) is 0 Å². The predicted molar refractivity (Wildman–Crippen MR) is 67.7 cm³/mol. The van der Waals surface area contributed by atoms with Gasteiger partial charge in [-0.2, -0.15) is 0 Å². The van der Waals surface area contributed by atoms with E-state index in [0.717, 1.165) is 18.2 Å². The monoisotopic (exact) mass is 238 g/mol. The molecule has 2 nitrogen and oxygen atoms in total. The van der Waals surface area contributed by atoms with Crippen LogP contribution in [0.15, 0.2) is 12.1 Å². The van der Waals surface area contributed by atoms with Gasteiger partial charge in [-0.3, -0.25) is 4.90 Å². The average Bonchev–Trinajstić information content (AvgIpc) is 2.25. The molecule has 1 aliphatic rings. The van der Waals surface area contributed by atoms with E-state index < -0.39 is 0 Å². The van der Waals surface area contributed by atoms with E-state index in [4.69, 9.17) is 11.6 Å². The summed E-state index contributed by atoms with van der Waals surface area (Å²) in [4.78, 5) is 6.80. The molecule has 2 rings (SSSR count). The molecule has 0 radical (unpaired) electrons. The predicted octanol–water partition coefficient (Wildman–Crippen LogP) is 3.28. The van der Waals surface area contributed by atoms with E-state index >= 15 is 0 Å². The van der Waals surface area contributed by atoms with E-state index in [1.807, 2.05) is 13.0 Å². The summed E-state index contributed by atoms with van der Waals surface area (Å²) in [6.07, 6.45) is 2.64. The smallest absolute Gasteiger partial charge is 0.129 e. The first-order chi connectivity index (χ1) is 7.65. The number of hydrogen-bond donors (Lipinski definition) is 0. The molecule has 2 heterocycles. The Morgan fingerprint density at radius 3 is 2.69 bits per heavy atom. The minimum absolute atomic E-state index is 0.591. The van der Waals surface area contributed by atoms with Crippen molar-refractivity contribution < 1.29 is 0 Å². The fourth-order valence-electron chi connectivity index (χ4n) is 2.19. The topological polar surface area (TPSA) is 16.1 Å². The highest BCUT2D eigenvalue weighted by atomic mass is 35.5. The van der Waals surface area contributed by atoms with Crippen LogP contribution in [0.4, 0.5) is 0 Å². The summed E-state index contributed by atoms with van der Waals surface area (Å²) in [7, 11) is 0. The molecule has 1 aliphatic heterocycles. The normalized spacial score (nSPS) is 18.9. The third-order valence-corrected chi connectivity index (χ3v) is 3.64. The Bertz CT molecular complexity index is 357. The SMILES string of the molecule is Cc1nc(Cl)ccc1CN1CCC(C)CC1. The number of halogens is 1. The van der Waals surface area contributed by atoms with E-state index in [2.05, 4.69) is 22.9 Å². The number of hydrogen-bond acceptors (Lipinski definition) is 2. The molecule has 0 bridgehead atoms. The Morgan fingerprint density at radius 2 is 2.06 bits per heavy atom. The Labute approximate surface area is 103 Å². The molecule has 0 unspecified atom stereocenters. The van der Waals surface area contributed by atoms with Gasteiger partial charge in [-0.15, -0.1) is 0 Å². The van der Waals surface area contributed by atoms with Crippen molar-refractivity contribution in [3.8, 4) is 0 Å². The lowest BCUT2D eigenvalue weighted by molar-refractivity contribution is 0.185. The van der Waals surface area contributed by atoms with Crippen LogP contribution in [-0.4, -0.2) is 23.0 Å². The Balaban J connectivity index is 1.98. The van der Waals surface area contributed by atoms with Crippen LogP contribution in [0.25, 0.3) is 0 Å². The van der Waals surface area contributed by atoms with Gasteiger partial charge in [0.1, 0.15) is 5.15 Å². The number of pyridine rings is 1. The largest absolute Gasteiger partial charge is 0.299 e. The maximum absolute atomic E-state index is 5.85. The van der Waals surface area contributed by atoms with Crippen LogP contribution in [0, 0.1) is 12.8 Å². The van der Waals surface area contributed by atoms with E-state index in [-0.39, 0.29) is 0 Å². The Morgan fingerprint density at radius 1 is 1.38 bits per heavy atom. The first-order valence-electron chi connectivity index (χ1n) is 5.99. The zero-order valence-electron chi connectivity index (χ0n) is 10.0. The molecular weight excluding hydrogens is 220 g/mol. The number of piperidine rings is 1. The number of aryl methyl sites for hydroxylation is 1. The molecule has 0 saturated carbocycles. The van der Waals surface area contributed by atoms with Crippen LogP contribution in [0.3, 0.4) is 0 Å². The van der Waals surface area contributed by atoms with E-state index in [9.17, 15) is 0 Å². The van der Waals surface area contributed by atoms with Crippen LogP contribution in [0.5, 0.6) is 0 Å². The van der Waals surface area contributed by atoms with Crippen molar-refractivity contribution in [2.24, 2.45) is 5.92 Å². The number of likely N-dealkylation sites (tertiary alicyclic amines) is 1. The van der Waals surface area contributed by atoms with Crippen molar-refractivity contribution in [2.45, 2.75) is 33.2 Å². The van der Waals surface area contributed by atoms with Crippen molar-refractivity contribution in [1.29, 1.82) is 0 Å². The average molecular weight is 239 g/mol. The van der Waals surface area contributed by atoms with Gasteiger partial charge in [0.2, 0.25) is 0 Å². The quantitative estimate of drug-likeness (QED) is 0.736. The first kappa shape index (κ1) is 11.9. The molecule has 3 heteroatoms. The Kier molecular flexibility index (Phi) is 3.82. The standard InChI is InChI=1S/C13H19ClN2/c1-10-5-7-16(8-6-10)9-12-3-4-13(14)15-11(12)2/h3-4,10H,5-9H2,1-2H3. The van der Waals surface area contributed by atoms with Gasteiger partial charge in [-0.25, -0.2) is 4.98 Å². The molecule has 16 heavy (non-hydrogen) atoms. The lowest BCUT2D eigenvalue weighted by Crippen LogP contribution is -2.32. The van der Waals surface area contributed by atoms with Crippen molar-refractivity contribution in [1.82, 2.24) is 9.88 Å². The maximum Gasteiger partial charge on any atom is 0.129 e. The van der Waals surface area contributed by atoms with Crippen molar-refractivity contribution in [2.75, 3.05) is 13.1 Å². The second kappa shape index (κ2) is 5.15. The molecule has 1 aromatic rings. The summed E-state index contributed by atoms with van der Waals surface area (Å²) in [5.74, 6) is 0.890. The van der Waals surface area contributed by atoms with Gasteiger partial charge in [-0.05, 0) is 50.4 Å². The summed E-state index contributed by atoms with van der Waals surface area (Å²) in [5, 5.41) is 0.591. The highest BCUT2D eigenvalue weighted by Crippen LogP contribution is 2.19. The first-order valence-corrected chi connectivity index (χ1v) is 6.37. The second-order valence-electron chi connectivity index (χ2n) is 4.84. The molecular formula is C13H19ClN2. The van der Waals surface area contributed by atoms with E-state index in [1.165, 1.54) is 31.5 Å². The van der Waals surface area contributed by atoms with Crippen LogP contribution in [0.1, 0.15) is 31.0 Å². The highest BCUT2D eigenvalue weighted by molar-refractivity contribution is 6.29. The lowest BCUT2D eigenvalue weighted by atomic mass is 9.99. The molecule has 1 fully saturated rings. The molecule has 0 amide bonds. The van der Waals surface area contributed by atoms with Crippen molar-refractivity contribution in [3.63, 3.8) is 0 Å². The summed E-state index contributed by atoms with van der Waals surface area (Å²) < 4.78 is 0. The molecule has 1 saturated heterocycles. The number of rotatable bonds is 2. The van der Waals surface area contributed by atoms with Crippen LogP contribution in [0.2, 0.25) is 5.15 Å². The van der Waals surface area contributed by atoms with Gasteiger partial charge in [0.15, 0.2) is 0 Å². The molecule has 0 spiro atoms. The number of aromatic nitrogens is 1. The molecule has 0 aliphatic carbocycles. The fraction of sp³-hybridized carbons (Fsp3) is 0.615. The minimum Gasteiger partial charge on any atom is -0.299 e. The molecule has 0 N–H and O–H groups in total. The molecule has 1 aromatic heterocycles. The van der Waals surface area contributed by atoms with Gasteiger partial charge in [-0.1, -0.05) is 24.6 Å². The summed E-state index contributed by atoms with van der Waals surface area (Å²) in [5.41, 5.74) is 2.37. The lowest BCUT2D eigenvalue weighted by Gasteiger charge is -2.30. The fourth-order valence-corrected chi connectivity index (χ4v) is 2.38. The second-order valence-corrected chi connectivity index (χ2v) is 5.22. The van der Waals surface area contributed by atoms with Gasteiger partial charge in [0, 0.05) is 12.2 Å². The molecule has 0 aromatic carbocycles. The zero-order valence-corrected chi connectivity index (χ0v) is 10.8. The van der Waals surface area contributed by atoms with Gasteiger partial charge in [0.25, 0.3) is 0 Å². The third kappa shape index (κ3) is 2.96. The van der Waals surface area contributed by atoms with E-state index in [0.29, 0.717) is 5.15 Å². The highest BCUT2D eigenvalue weighted by Gasteiger charge is 2.16. The summed E-state index contributed by atoms with van der Waals surface area (Å²) in [6, 6.07) is 3.99. The van der Waals surface area contributed by atoms with E-state index in [1.54, 1.807) is 0 Å². The van der Waals surface area contributed by atoms with Gasteiger partial charge < -0.3 is 0 Å². The molecule has 88 valence electrons.